The van der Waals surface area contributed by atoms with Crippen LogP contribution in [0.4, 0.5) is 0 Å². The molecule has 0 fully saturated rings. The van der Waals surface area contributed by atoms with Crippen LogP contribution in [0, 0.1) is 0 Å². The number of carbonyl (C=O) groups is 1. The Bertz CT molecular complexity index is 617. The molecule has 0 aromatic rings. The molecule has 0 saturated heterocycles. The lowest BCUT2D eigenvalue weighted by Crippen LogP contribution is -2.04. The van der Waals surface area contributed by atoms with Gasteiger partial charge in [-0.25, -0.2) is 0 Å². The van der Waals surface area contributed by atoms with E-state index in [9.17, 15) is 4.79 Å². The van der Waals surface area contributed by atoms with Gasteiger partial charge >= 0.3 is 5.97 Å². The number of rotatable bonds is 23. The van der Waals surface area contributed by atoms with Crippen LogP contribution in [-0.2, 0) is 9.53 Å². The highest BCUT2D eigenvalue weighted by atomic mass is 16.5. The quantitative estimate of drug-likeness (QED) is 0.0815. The van der Waals surface area contributed by atoms with Crippen molar-refractivity contribution >= 4 is 5.97 Å². The maximum atomic E-state index is 11.9. The summed E-state index contributed by atoms with van der Waals surface area (Å²) in [6.07, 6.45) is 32.9. The van der Waals surface area contributed by atoms with Gasteiger partial charge < -0.3 is 4.74 Å². The molecule has 35 heavy (non-hydrogen) atoms. The fourth-order valence-corrected chi connectivity index (χ4v) is 4.03. The Hall–Kier alpha value is -1.57. The van der Waals surface area contributed by atoms with E-state index in [2.05, 4.69) is 65.0 Å². The van der Waals surface area contributed by atoms with Crippen molar-refractivity contribution in [1.29, 1.82) is 0 Å². The molecule has 0 radical (unpaired) electrons. The number of hydrogen-bond acceptors (Lipinski definition) is 2. The average molecular weight is 487 g/mol. The van der Waals surface area contributed by atoms with Crippen LogP contribution in [0.3, 0.4) is 0 Å². The van der Waals surface area contributed by atoms with E-state index in [4.69, 9.17) is 4.74 Å². The lowest BCUT2D eigenvalue weighted by atomic mass is 10.1. The van der Waals surface area contributed by atoms with Crippen molar-refractivity contribution in [2.24, 2.45) is 0 Å². The van der Waals surface area contributed by atoms with Gasteiger partial charge in [0.15, 0.2) is 0 Å². The summed E-state index contributed by atoms with van der Waals surface area (Å²) >= 11 is 0. The zero-order valence-electron chi connectivity index (χ0n) is 24.1. The molecule has 0 rings (SSSR count). The van der Waals surface area contributed by atoms with Gasteiger partial charge in [0.25, 0.3) is 0 Å². The van der Waals surface area contributed by atoms with Gasteiger partial charge in [0, 0.05) is 6.42 Å². The molecular formula is C33H58O2. The van der Waals surface area contributed by atoms with Crippen molar-refractivity contribution in [2.45, 2.75) is 150 Å². The molecule has 0 saturated carbocycles. The predicted octanol–water partition coefficient (Wildman–Crippen LogP) is 11.0. The van der Waals surface area contributed by atoms with Crippen LogP contribution in [0.25, 0.3) is 0 Å². The van der Waals surface area contributed by atoms with Crippen molar-refractivity contribution in [3.63, 3.8) is 0 Å². The zero-order chi connectivity index (χ0) is 26.0. The summed E-state index contributed by atoms with van der Waals surface area (Å²) in [5.74, 6) is -0.0540. The molecule has 202 valence electrons. The minimum absolute atomic E-state index is 0.0540. The molecule has 0 aromatic heterocycles. The van der Waals surface area contributed by atoms with Crippen LogP contribution in [0.2, 0.25) is 0 Å². The van der Waals surface area contributed by atoms with Crippen LogP contribution in [0.1, 0.15) is 150 Å². The van der Waals surface area contributed by atoms with Crippen molar-refractivity contribution < 1.29 is 9.53 Å². The third-order valence-electron chi connectivity index (χ3n) is 6.44. The number of ether oxygens (including phenoxy) is 1. The van der Waals surface area contributed by atoms with E-state index in [1.807, 2.05) is 0 Å². The smallest absolute Gasteiger partial charge is 0.306 e. The fraction of sp³-hybridized carbons (Fsp3) is 0.727. The first kappa shape index (κ1) is 33.4. The molecular weight excluding hydrogens is 428 g/mol. The molecule has 0 amide bonds. The summed E-state index contributed by atoms with van der Waals surface area (Å²) < 4.78 is 5.39. The minimum Gasteiger partial charge on any atom is -0.461 e. The summed E-state index contributed by atoms with van der Waals surface area (Å²) in [5, 5.41) is 0. The van der Waals surface area contributed by atoms with Crippen molar-refractivity contribution in [2.75, 3.05) is 6.61 Å². The fourth-order valence-electron chi connectivity index (χ4n) is 4.03. The predicted molar refractivity (Wildman–Crippen MR) is 156 cm³/mol. The van der Waals surface area contributed by atoms with Gasteiger partial charge in [0.2, 0.25) is 0 Å². The van der Waals surface area contributed by atoms with Crippen LogP contribution in [0.15, 0.2) is 47.1 Å². The largest absolute Gasteiger partial charge is 0.461 e. The first-order valence-corrected chi connectivity index (χ1v) is 14.7. The lowest BCUT2D eigenvalue weighted by Gasteiger charge is -2.04. The van der Waals surface area contributed by atoms with Crippen molar-refractivity contribution in [3.8, 4) is 0 Å². The van der Waals surface area contributed by atoms with Gasteiger partial charge in [0.1, 0.15) is 6.61 Å². The Morgan fingerprint density at radius 3 is 1.69 bits per heavy atom. The van der Waals surface area contributed by atoms with Crippen LogP contribution >= 0.6 is 0 Å². The van der Waals surface area contributed by atoms with Gasteiger partial charge in [-0.15, -0.1) is 0 Å². The van der Waals surface area contributed by atoms with E-state index in [-0.39, 0.29) is 5.97 Å². The molecule has 0 aromatic carbocycles. The van der Waals surface area contributed by atoms with Crippen LogP contribution in [0.5, 0.6) is 0 Å². The number of hydrogen-bond donors (Lipinski definition) is 0. The van der Waals surface area contributed by atoms with E-state index >= 15 is 0 Å². The van der Waals surface area contributed by atoms with Gasteiger partial charge in [-0.05, 0) is 91.6 Å². The normalized spacial score (nSPS) is 12.4. The van der Waals surface area contributed by atoms with E-state index in [0.717, 1.165) is 38.5 Å². The van der Waals surface area contributed by atoms with Gasteiger partial charge in [0.05, 0.1) is 0 Å². The van der Waals surface area contributed by atoms with Crippen molar-refractivity contribution in [3.05, 3.63) is 47.1 Å². The van der Waals surface area contributed by atoms with Gasteiger partial charge in [-0.2, -0.15) is 0 Å². The molecule has 0 aliphatic carbocycles. The molecule has 0 atom stereocenters. The third kappa shape index (κ3) is 26.9. The second kappa shape index (κ2) is 25.5. The van der Waals surface area contributed by atoms with Gasteiger partial charge in [-0.3, -0.25) is 4.79 Å². The Labute approximate surface area is 219 Å². The maximum absolute atomic E-state index is 11.9. The van der Waals surface area contributed by atoms with E-state index < -0.39 is 0 Å². The highest BCUT2D eigenvalue weighted by molar-refractivity contribution is 5.69. The molecule has 2 nitrogen and oxygen atoms in total. The average Bonchev–Trinajstić information content (AvgIpc) is 2.81. The minimum atomic E-state index is -0.0540. The topological polar surface area (TPSA) is 26.3 Å². The molecule has 0 N–H and O–H groups in total. The molecule has 0 aliphatic heterocycles. The van der Waals surface area contributed by atoms with Crippen molar-refractivity contribution in [1.82, 2.24) is 0 Å². The standard InChI is InChI=1S/C33H58O2/c1-6-7-8-9-10-11-12-13-14-15-16-17-18-19-20-27-33(34)35-29-28-32(5)26-22-25-31(4)24-21-23-30(2)3/h13-14,23,25,28H,6-12,15-22,24,26-27,29H2,1-5H3/b14-13-,31-25?,32-28?. The Balaban J connectivity index is 3.58. The van der Waals surface area contributed by atoms with E-state index in [1.54, 1.807) is 0 Å². The number of unbranched alkanes of at least 4 members (excludes halogenated alkanes) is 11. The number of esters is 1. The van der Waals surface area contributed by atoms with E-state index in [0.29, 0.717) is 13.0 Å². The molecule has 0 bridgehead atoms. The third-order valence-corrected chi connectivity index (χ3v) is 6.44. The van der Waals surface area contributed by atoms with E-state index in [1.165, 1.54) is 87.3 Å². The van der Waals surface area contributed by atoms with Crippen LogP contribution < -0.4 is 0 Å². The summed E-state index contributed by atoms with van der Waals surface area (Å²) in [6.45, 7) is 11.3. The Morgan fingerprint density at radius 2 is 1.09 bits per heavy atom. The SMILES string of the molecule is CCCCCCCC/C=C\CCCCCCCC(=O)OCC=C(C)CCC=C(C)CCC=C(C)C. The second-order valence-electron chi connectivity index (χ2n) is 10.5. The summed E-state index contributed by atoms with van der Waals surface area (Å²) in [6, 6.07) is 0. The lowest BCUT2D eigenvalue weighted by molar-refractivity contribution is -0.142. The zero-order valence-corrected chi connectivity index (χ0v) is 24.1. The Kier molecular flexibility index (Phi) is 24.4. The Morgan fingerprint density at radius 1 is 0.571 bits per heavy atom. The summed E-state index contributed by atoms with van der Waals surface area (Å²) in [7, 11) is 0. The molecule has 0 heterocycles. The number of carbonyl (C=O) groups excluding carboxylic acids is 1. The first-order chi connectivity index (χ1) is 17.0. The number of allylic oxidation sites excluding steroid dienone is 7. The molecule has 0 spiro atoms. The summed E-state index contributed by atoms with van der Waals surface area (Å²) in [5.41, 5.74) is 4.15. The molecule has 0 aliphatic rings. The monoisotopic (exact) mass is 486 g/mol. The second-order valence-corrected chi connectivity index (χ2v) is 10.5. The highest BCUT2D eigenvalue weighted by Crippen LogP contribution is 2.12. The van der Waals surface area contributed by atoms with Crippen LogP contribution in [-0.4, -0.2) is 12.6 Å². The van der Waals surface area contributed by atoms with Gasteiger partial charge in [-0.1, -0.05) is 99.3 Å². The molecule has 0 unspecified atom stereocenters. The highest BCUT2D eigenvalue weighted by Gasteiger charge is 2.01. The molecule has 2 heteroatoms. The first-order valence-electron chi connectivity index (χ1n) is 14.7. The maximum Gasteiger partial charge on any atom is 0.306 e. The summed E-state index contributed by atoms with van der Waals surface area (Å²) in [4.78, 5) is 11.9.